The third-order valence-electron chi connectivity index (χ3n) is 4.85. The Bertz CT molecular complexity index is 1140. The van der Waals surface area contributed by atoms with Crippen molar-refractivity contribution < 1.29 is 9.53 Å². The summed E-state index contributed by atoms with van der Waals surface area (Å²) in [6.07, 6.45) is 1.76. The van der Waals surface area contributed by atoms with Gasteiger partial charge in [0.1, 0.15) is 0 Å². The standard InChI is InChI=1S/C23H21N3O2/c1-14-10-11-21(15(2)12-14)26-17(4)19(16(3)25-26)13-20-23(27)28-22(24-20)18-8-6-5-7-9-18/h5-13H,1-4H3/b20-13+. The van der Waals surface area contributed by atoms with Gasteiger partial charge in [-0.1, -0.05) is 35.9 Å². The Morgan fingerprint density at radius 1 is 1.00 bits per heavy atom. The fourth-order valence-electron chi connectivity index (χ4n) is 3.39. The molecule has 0 unspecified atom stereocenters. The third kappa shape index (κ3) is 3.16. The molecule has 0 radical (unpaired) electrons. The highest BCUT2D eigenvalue weighted by molar-refractivity contribution is 6.12. The molecule has 2 heterocycles. The van der Waals surface area contributed by atoms with Gasteiger partial charge in [-0.2, -0.15) is 5.10 Å². The quantitative estimate of drug-likeness (QED) is 0.505. The second-order valence-corrected chi connectivity index (χ2v) is 6.99. The van der Waals surface area contributed by atoms with Crippen LogP contribution in [-0.4, -0.2) is 21.6 Å². The third-order valence-corrected chi connectivity index (χ3v) is 4.85. The first-order valence-electron chi connectivity index (χ1n) is 9.16. The van der Waals surface area contributed by atoms with Crippen molar-refractivity contribution >= 4 is 17.9 Å². The largest absolute Gasteiger partial charge is 0.402 e. The van der Waals surface area contributed by atoms with E-state index in [9.17, 15) is 4.79 Å². The van der Waals surface area contributed by atoms with Crippen LogP contribution in [0.1, 0.15) is 33.6 Å². The molecule has 0 atom stereocenters. The van der Waals surface area contributed by atoms with Gasteiger partial charge in [-0.25, -0.2) is 14.5 Å². The first kappa shape index (κ1) is 17.9. The van der Waals surface area contributed by atoms with Gasteiger partial charge in [0.15, 0.2) is 5.70 Å². The maximum atomic E-state index is 12.3. The average Bonchev–Trinajstić information content (AvgIpc) is 3.17. The fraction of sp³-hybridized carbons (Fsp3) is 0.174. The summed E-state index contributed by atoms with van der Waals surface area (Å²) in [5, 5.41) is 4.69. The molecule has 0 saturated heterocycles. The number of carbonyl (C=O) groups is 1. The van der Waals surface area contributed by atoms with Crippen LogP contribution in [0.3, 0.4) is 0 Å². The zero-order valence-corrected chi connectivity index (χ0v) is 16.4. The van der Waals surface area contributed by atoms with Crippen LogP contribution in [0, 0.1) is 27.7 Å². The van der Waals surface area contributed by atoms with E-state index in [1.165, 1.54) is 5.56 Å². The molecule has 140 valence electrons. The van der Waals surface area contributed by atoms with Crippen LogP contribution in [0.25, 0.3) is 11.8 Å². The topological polar surface area (TPSA) is 56.5 Å². The summed E-state index contributed by atoms with van der Waals surface area (Å²) in [4.78, 5) is 16.7. The van der Waals surface area contributed by atoms with Gasteiger partial charge in [-0.3, -0.25) is 0 Å². The van der Waals surface area contributed by atoms with Crippen LogP contribution in [0.5, 0.6) is 0 Å². The van der Waals surface area contributed by atoms with Gasteiger partial charge >= 0.3 is 5.97 Å². The molecule has 3 aromatic rings. The predicted molar refractivity (Wildman–Crippen MR) is 110 cm³/mol. The molecule has 2 aromatic carbocycles. The van der Waals surface area contributed by atoms with Crippen molar-refractivity contribution in [2.75, 3.05) is 0 Å². The number of esters is 1. The lowest BCUT2D eigenvalue weighted by Gasteiger charge is -2.09. The van der Waals surface area contributed by atoms with Gasteiger partial charge < -0.3 is 4.74 Å². The second-order valence-electron chi connectivity index (χ2n) is 6.99. The number of hydrogen-bond acceptors (Lipinski definition) is 4. The number of ether oxygens (including phenoxy) is 1. The summed E-state index contributed by atoms with van der Waals surface area (Å²) >= 11 is 0. The minimum Gasteiger partial charge on any atom is -0.402 e. The summed E-state index contributed by atoms with van der Waals surface area (Å²) in [5.41, 5.74) is 7.11. The zero-order valence-electron chi connectivity index (χ0n) is 16.4. The van der Waals surface area contributed by atoms with Gasteiger partial charge in [0, 0.05) is 16.8 Å². The monoisotopic (exact) mass is 371 g/mol. The summed E-state index contributed by atoms with van der Waals surface area (Å²) in [6.45, 7) is 8.07. The van der Waals surface area contributed by atoms with Crippen molar-refractivity contribution in [1.29, 1.82) is 0 Å². The number of nitrogens with zero attached hydrogens (tertiary/aromatic N) is 3. The van der Waals surface area contributed by atoms with Crippen LogP contribution >= 0.6 is 0 Å². The molecule has 0 aliphatic carbocycles. The summed E-state index contributed by atoms with van der Waals surface area (Å²) in [5.74, 6) is -0.120. The number of benzene rings is 2. The molecule has 0 amide bonds. The highest BCUT2D eigenvalue weighted by atomic mass is 16.6. The normalized spacial score (nSPS) is 15.1. The van der Waals surface area contributed by atoms with Gasteiger partial charge in [-0.15, -0.1) is 0 Å². The Kier molecular flexibility index (Phi) is 4.43. The van der Waals surface area contributed by atoms with E-state index >= 15 is 0 Å². The minimum absolute atomic E-state index is 0.283. The maximum Gasteiger partial charge on any atom is 0.363 e. The van der Waals surface area contributed by atoms with Crippen molar-refractivity contribution in [3.8, 4) is 5.69 Å². The Hall–Kier alpha value is -3.47. The number of aliphatic imine (C=N–C) groups is 1. The SMILES string of the molecule is Cc1ccc(-n2nc(C)c(/C=C3/N=C(c4ccccc4)OC3=O)c2C)c(C)c1. The fourth-order valence-corrected chi connectivity index (χ4v) is 3.39. The molecule has 1 aromatic heterocycles. The van der Waals surface area contributed by atoms with E-state index in [0.29, 0.717) is 5.90 Å². The van der Waals surface area contributed by atoms with E-state index in [1.807, 2.05) is 48.9 Å². The van der Waals surface area contributed by atoms with Crippen LogP contribution in [-0.2, 0) is 9.53 Å². The highest BCUT2D eigenvalue weighted by Crippen LogP contribution is 2.25. The van der Waals surface area contributed by atoms with Gasteiger partial charge in [0.2, 0.25) is 5.90 Å². The minimum atomic E-state index is -0.447. The van der Waals surface area contributed by atoms with Crippen LogP contribution in [0.4, 0.5) is 0 Å². The Morgan fingerprint density at radius 2 is 1.75 bits per heavy atom. The van der Waals surface area contributed by atoms with E-state index in [2.05, 4.69) is 42.1 Å². The molecule has 5 nitrogen and oxygen atoms in total. The van der Waals surface area contributed by atoms with Crippen molar-refractivity contribution in [1.82, 2.24) is 9.78 Å². The summed E-state index contributed by atoms with van der Waals surface area (Å²) < 4.78 is 7.27. The Morgan fingerprint density at radius 3 is 2.46 bits per heavy atom. The van der Waals surface area contributed by atoms with Gasteiger partial charge in [-0.05, 0) is 57.5 Å². The van der Waals surface area contributed by atoms with E-state index in [-0.39, 0.29) is 5.70 Å². The first-order valence-corrected chi connectivity index (χ1v) is 9.16. The van der Waals surface area contributed by atoms with Gasteiger partial charge in [0.25, 0.3) is 0 Å². The number of aromatic nitrogens is 2. The molecule has 1 aliphatic rings. The maximum absolute atomic E-state index is 12.3. The molecule has 1 aliphatic heterocycles. The predicted octanol–water partition coefficient (Wildman–Crippen LogP) is 4.45. The van der Waals surface area contributed by atoms with E-state index in [4.69, 9.17) is 4.74 Å². The lowest BCUT2D eigenvalue weighted by atomic mass is 10.1. The second kappa shape index (κ2) is 6.93. The number of hydrogen-bond donors (Lipinski definition) is 0. The molecule has 4 rings (SSSR count). The van der Waals surface area contributed by atoms with E-state index in [1.54, 1.807) is 6.08 Å². The summed E-state index contributed by atoms with van der Waals surface area (Å²) in [6, 6.07) is 15.7. The molecule has 0 spiro atoms. The Balaban J connectivity index is 1.75. The van der Waals surface area contributed by atoms with Crippen LogP contribution in [0.2, 0.25) is 0 Å². The molecule has 5 heteroatoms. The first-order chi connectivity index (χ1) is 13.4. The molecule has 0 fully saturated rings. The van der Waals surface area contributed by atoms with E-state index in [0.717, 1.165) is 33.8 Å². The molecule has 28 heavy (non-hydrogen) atoms. The van der Waals surface area contributed by atoms with Crippen molar-refractivity contribution in [2.45, 2.75) is 27.7 Å². The van der Waals surface area contributed by atoms with Crippen molar-refractivity contribution in [2.24, 2.45) is 4.99 Å². The number of carbonyl (C=O) groups excluding carboxylic acids is 1. The zero-order chi connectivity index (χ0) is 19.8. The highest BCUT2D eigenvalue weighted by Gasteiger charge is 2.25. The molecular weight excluding hydrogens is 350 g/mol. The molecule has 0 N–H and O–H groups in total. The molecule has 0 saturated carbocycles. The molecule has 0 bridgehead atoms. The summed E-state index contributed by atoms with van der Waals surface area (Å²) in [7, 11) is 0. The lowest BCUT2D eigenvalue weighted by molar-refractivity contribution is -0.129. The van der Waals surface area contributed by atoms with Crippen molar-refractivity contribution in [3.63, 3.8) is 0 Å². The smallest absolute Gasteiger partial charge is 0.363 e. The molecular formula is C23H21N3O2. The number of rotatable bonds is 3. The Labute approximate surface area is 164 Å². The van der Waals surface area contributed by atoms with Crippen LogP contribution in [0.15, 0.2) is 59.2 Å². The van der Waals surface area contributed by atoms with Crippen LogP contribution < -0.4 is 0 Å². The average molecular weight is 371 g/mol. The number of aryl methyl sites for hydroxylation is 3. The van der Waals surface area contributed by atoms with Crippen molar-refractivity contribution in [3.05, 3.63) is 87.9 Å². The van der Waals surface area contributed by atoms with Gasteiger partial charge in [0.05, 0.1) is 11.4 Å². The lowest BCUT2D eigenvalue weighted by Crippen LogP contribution is -2.05. The van der Waals surface area contributed by atoms with E-state index < -0.39 is 5.97 Å². The number of cyclic esters (lactones) is 1.